The smallest absolute Gasteiger partial charge is 0.232 e. The minimum atomic E-state index is -4.83. The summed E-state index contributed by atoms with van der Waals surface area (Å²) in [5.41, 5.74) is -1.54. The fourth-order valence-corrected chi connectivity index (χ4v) is 0.562. The highest BCUT2D eigenvalue weighted by Gasteiger charge is 2.32. The van der Waals surface area contributed by atoms with Gasteiger partial charge >= 0.3 is 6.18 Å². The Bertz CT molecular complexity index is 380. The van der Waals surface area contributed by atoms with Crippen LogP contribution in [0.5, 0.6) is 0 Å². The van der Waals surface area contributed by atoms with Crippen molar-refractivity contribution in [3.05, 3.63) is 29.0 Å². The maximum atomic E-state index is 12.2. The van der Waals surface area contributed by atoms with Crippen LogP contribution in [0.25, 0.3) is 0 Å². The van der Waals surface area contributed by atoms with Crippen LogP contribution in [0, 0.1) is 0 Å². The molecule has 1 aromatic rings. The molecular formula is C6H3ClF3N. The first kappa shape index (κ1) is 4.98. The molecule has 0 spiro atoms. The largest absolute Gasteiger partial charge is 0.433 e. The highest BCUT2D eigenvalue weighted by atomic mass is 35.5. The maximum Gasteiger partial charge on any atom is 0.433 e. The molecule has 0 saturated heterocycles. The van der Waals surface area contributed by atoms with E-state index >= 15 is 0 Å². The summed E-state index contributed by atoms with van der Waals surface area (Å²) in [4.78, 5) is 2.85. The van der Waals surface area contributed by atoms with E-state index in [-0.39, 0.29) is 0 Å². The molecule has 11 heavy (non-hydrogen) atoms. The van der Waals surface area contributed by atoms with Crippen molar-refractivity contribution in [2.45, 2.75) is 6.18 Å². The van der Waals surface area contributed by atoms with Gasteiger partial charge in [-0.15, -0.1) is 0 Å². The van der Waals surface area contributed by atoms with Crippen LogP contribution < -0.4 is 0 Å². The molecule has 1 heterocycles. The highest BCUT2D eigenvalue weighted by molar-refractivity contribution is 6.29. The molecular weight excluding hydrogens is 179 g/mol. The second-order valence-electron chi connectivity index (χ2n) is 1.62. The van der Waals surface area contributed by atoms with Gasteiger partial charge in [0.15, 0.2) is 0 Å². The van der Waals surface area contributed by atoms with E-state index in [1.54, 1.807) is 0 Å². The lowest BCUT2D eigenvalue weighted by molar-refractivity contribution is -0.141. The fourth-order valence-electron chi connectivity index (χ4n) is 0.430. The Morgan fingerprint density at radius 2 is 2.09 bits per heavy atom. The number of halogens is 4. The SMILES string of the molecule is [2H]c1c(Cl)nc(C(F)(F)F)c([2H])c1[2H]. The molecule has 5 heteroatoms. The quantitative estimate of drug-likeness (QED) is 0.565. The predicted octanol–water partition coefficient (Wildman–Crippen LogP) is 2.75. The van der Waals surface area contributed by atoms with Gasteiger partial charge in [-0.25, -0.2) is 4.98 Å². The molecule has 1 aromatic heterocycles. The van der Waals surface area contributed by atoms with Crippen LogP contribution in [0.2, 0.25) is 5.15 Å². The Balaban J connectivity index is 3.49. The lowest BCUT2D eigenvalue weighted by Gasteiger charge is -2.03. The molecule has 0 fully saturated rings. The Morgan fingerprint density at radius 3 is 2.64 bits per heavy atom. The van der Waals surface area contributed by atoms with Crippen molar-refractivity contribution in [1.29, 1.82) is 0 Å². The maximum absolute atomic E-state index is 12.2. The summed E-state index contributed by atoms with van der Waals surface area (Å²) in [7, 11) is 0. The van der Waals surface area contributed by atoms with Gasteiger partial charge in [-0.3, -0.25) is 0 Å². The van der Waals surface area contributed by atoms with E-state index < -0.39 is 35.2 Å². The van der Waals surface area contributed by atoms with Crippen molar-refractivity contribution in [3.63, 3.8) is 0 Å². The van der Waals surface area contributed by atoms with E-state index in [4.69, 9.17) is 15.7 Å². The van der Waals surface area contributed by atoms with E-state index in [0.29, 0.717) is 0 Å². The summed E-state index contributed by atoms with van der Waals surface area (Å²) in [5.74, 6) is 0. The lowest BCUT2D eigenvalue weighted by atomic mass is 10.3. The number of pyridine rings is 1. The van der Waals surface area contributed by atoms with Crippen LogP contribution >= 0.6 is 11.6 Å². The molecule has 60 valence electrons. The topological polar surface area (TPSA) is 12.9 Å². The molecule has 0 aromatic carbocycles. The normalized spacial score (nSPS) is 15.5. The van der Waals surface area contributed by atoms with Crippen LogP contribution in [0.15, 0.2) is 18.1 Å². The van der Waals surface area contributed by atoms with E-state index in [0.717, 1.165) is 0 Å². The number of nitrogens with zero attached hydrogens (tertiary/aromatic N) is 1. The van der Waals surface area contributed by atoms with E-state index in [2.05, 4.69) is 4.98 Å². The van der Waals surface area contributed by atoms with Crippen molar-refractivity contribution >= 4 is 11.6 Å². The summed E-state index contributed by atoms with van der Waals surface area (Å²) in [6, 6.07) is -2.69. The van der Waals surface area contributed by atoms with Crippen molar-refractivity contribution in [2.24, 2.45) is 0 Å². The standard InChI is InChI=1S/C6H3ClF3N/c7-5-3-1-2-4(11-5)6(8,9)10/h1-3H/i1D,2D,3D. The van der Waals surface area contributed by atoms with Gasteiger partial charge in [-0.2, -0.15) is 13.2 Å². The van der Waals surface area contributed by atoms with Crippen LogP contribution in [-0.2, 0) is 6.18 Å². The Labute approximate surface area is 70.0 Å². The predicted molar refractivity (Wildman–Crippen MR) is 34.2 cm³/mol. The lowest BCUT2D eigenvalue weighted by Crippen LogP contribution is -2.07. The van der Waals surface area contributed by atoms with Crippen molar-refractivity contribution in [2.75, 3.05) is 0 Å². The third-order valence-electron chi connectivity index (χ3n) is 0.825. The summed E-state index contributed by atoms with van der Waals surface area (Å²) >= 11 is 5.20. The summed E-state index contributed by atoms with van der Waals surface area (Å²) in [6.07, 6.45) is -4.83. The molecule has 0 saturated carbocycles. The Morgan fingerprint density at radius 1 is 1.45 bits per heavy atom. The van der Waals surface area contributed by atoms with Gasteiger partial charge < -0.3 is 0 Å². The molecule has 1 rings (SSSR count). The molecule has 0 aliphatic heterocycles. The second-order valence-corrected chi connectivity index (χ2v) is 1.98. The third kappa shape index (κ3) is 2.08. The Kier molecular flexibility index (Phi) is 1.22. The van der Waals surface area contributed by atoms with Crippen molar-refractivity contribution < 1.29 is 17.3 Å². The zero-order valence-electron chi connectivity index (χ0n) is 7.96. The van der Waals surface area contributed by atoms with Gasteiger partial charge in [0.25, 0.3) is 0 Å². The molecule has 0 atom stereocenters. The van der Waals surface area contributed by atoms with Crippen LogP contribution in [0.3, 0.4) is 0 Å². The molecule has 0 unspecified atom stereocenters. The second kappa shape index (κ2) is 2.70. The molecule has 0 aliphatic rings. The van der Waals surface area contributed by atoms with E-state index in [9.17, 15) is 13.2 Å². The van der Waals surface area contributed by atoms with Crippen molar-refractivity contribution in [1.82, 2.24) is 4.98 Å². The van der Waals surface area contributed by atoms with Crippen LogP contribution in [-0.4, -0.2) is 4.98 Å². The average molecular weight is 185 g/mol. The zero-order valence-corrected chi connectivity index (χ0v) is 5.72. The van der Waals surface area contributed by atoms with Crippen LogP contribution in [0.1, 0.15) is 9.81 Å². The minimum absolute atomic E-state index is 0.676. The molecule has 0 amide bonds. The first-order chi connectivity index (χ1) is 6.25. The van der Waals surface area contributed by atoms with Crippen LogP contribution in [0.4, 0.5) is 13.2 Å². The van der Waals surface area contributed by atoms with Crippen molar-refractivity contribution in [3.8, 4) is 0 Å². The third-order valence-corrected chi connectivity index (χ3v) is 1.00. The fraction of sp³-hybridized carbons (Fsp3) is 0.167. The number of aromatic nitrogens is 1. The molecule has 1 nitrogen and oxygen atoms in total. The van der Waals surface area contributed by atoms with Gasteiger partial charge in [0.1, 0.15) is 10.8 Å². The number of hydrogen-bond acceptors (Lipinski definition) is 1. The molecule has 0 radical (unpaired) electrons. The summed E-state index contributed by atoms with van der Waals surface area (Å²) in [5, 5.41) is -0.724. The van der Waals surface area contributed by atoms with Gasteiger partial charge in [0.05, 0.1) is 4.11 Å². The average Bonchev–Trinajstić information content (AvgIpc) is 2.06. The minimum Gasteiger partial charge on any atom is -0.232 e. The monoisotopic (exact) mass is 184 g/mol. The van der Waals surface area contributed by atoms with E-state index in [1.807, 2.05) is 0 Å². The Hall–Kier alpha value is -0.770. The summed E-state index contributed by atoms with van der Waals surface area (Å²) in [6.45, 7) is 0. The number of alkyl halides is 3. The molecule has 0 bridgehead atoms. The van der Waals surface area contributed by atoms with Gasteiger partial charge in [0.2, 0.25) is 0 Å². The first-order valence-electron chi connectivity index (χ1n) is 3.95. The molecule has 0 N–H and O–H groups in total. The van der Waals surface area contributed by atoms with Gasteiger partial charge in [-0.05, 0) is 12.1 Å². The van der Waals surface area contributed by atoms with E-state index in [1.165, 1.54) is 0 Å². The summed E-state index contributed by atoms with van der Waals surface area (Å²) < 4.78 is 57.4. The van der Waals surface area contributed by atoms with Gasteiger partial charge in [-0.1, -0.05) is 17.6 Å². The zero-order chi connectivity index (χ0) is 11.1. The number of rotatable bonds is 0. The first-order valence-corrected chi connectivity index (χ1v) is 2.83. The van der Waals surface area contributed by atoms with Gasteiger partial charge in [0, 0.05) is 0 Å². The highest BCUT2D eigenvalue weighted by Crippen LogP contribution is 2.27. The number of hydrogen-bond donors (Lipinski definition) is 0. The molecule has 0 aliphatic carbocycles.